The number of para-hydroxylation sites is 2. The van der Waals surface area contributed by atoms with E-state index in [0.29, 0.717) is 6.04 Å². The summed E-state index contributed by atoms with van der Waals surface area (Å²) in [6.45, 7) is 8.13. The van der Waals surface area contributed by atoms with Crippen molar-refractivity contribution in [1.29, 1.82) is 0 Å². The highest BCUT2D eigenvalue weighted by atomic mass is 16.5. The molecule has 1 aliphatic heterocycles. The average molecular weight is 315 g/mol. The molecular weight excluding hydrogens is 290 g/mol. The van der Waals surface area contributed by atoms with E-state index in [2.05, 4.69) is 51.0 Å². The molecule has 0 spiro atoms. The number of rotatable bonds is 5. The van der Waals surface area contributed by atoms with Gasteiger partial charge in [-0.15, -0.1) is 0 Å². The van der Waals surface area contributed by atoms with E-state index in [1.54, 1.807) is 7.11 Å². The number of methoxy groups -OCH3 is 1. The number of aryl methyl sites for hydroxylation is 1. The zero-order valence-electron chi connectivity index (χ0n) is 14.1. The van der Waals surface area contributed by atoms with Crippen LogP contribution < -0.4 is 9.64 Å². The van der Waals surface area contributed by atoms with Crippen LogP contribution in [0.25, 0.3) is 0 Å². The summed E-state index contributed by atoms with van der Waals surface area (Å²) < 4.78 is 5.49. The van der Waals surface area contributed by atoms with Gasteiger partial charge in [-0.2, -0.15) is 5.10 Å². The van der Waals surface area contributed by atoms with E-state index in [1.807, 2.05) is 12.1 Å². The zero-order valence-corrected chi connectivity index (χ0v) is 14.1. The SMILES string of the molecule is CCc1n[nH]c(CN2CCN(c3ccccc3OC)C[C@@H]2C)n1. The standard InChI is InChI=1S/C17H25N5O/c1-4-16-18-17(20-19-16)12-21-9-10-22(11-13(21)2)14-7-5-6-8-15(14)23-3/h5-8,13H,4,9-12H2,1-3H3,(H,18,19,20)/t13-/m0/s1. The van der Waals surface area contributed by atoms with Crippen molar-refractivity contribution in [1.82, 2.24) is 20.1 Å². The monoisotopic (exact) mass is 315 g/mol. The Morgan fingerprint density at radius 1 is 1.30 bits per heavy atom. The normalized spacial score (nSPS) is 19.1. The summed E-state index contributed by atoms with van der Waals surface area (Å²) in [7, 11) is 1.73. The van der Waals surface area contributed by atoms with Gasteiger partial charge in [0.25, 0.3) is 0 Å². The number of aromatic amines is 1. The summed E-state index contributed by atoms with van der Waals surface area (Å²) in [5.41, 5.74) is 1.18. The predicted octanol–water partition coefficient (Wildman–Crippen LogP) is 2.09. The van der Waals surface area contributed by atoms with Gasteiger partial charge >= 0.3 is 0 Å². The van der Waals surface area contributed by atoms with Crippen molar-refractivity contribution in [3.63, 3.8) is 0 Å². The van der Waals surface area contributed by atoms with E-state index in [1.165, 1.54) is 5.69 Å². The van der Waals surface area contributed by atoms with Crippen LogP contribution in [-0.4, -0.2) is 52.9 Å². The number of nitrogens with one attached hydrogen (secondary N) is 1. The molecule has 1 atom stereocenters. The molecule has 2 heterocycles. The summed E-state index contributed by atoms with van der Waals surface area (Å²) >= 11 is 0. The number of H-pyrrole nitrogens is 1. The van der Waals surface area contributed by atoms with Crippen LogP contribution in [0.2, 0.25) is 0 Å². The summed E-state index contributed by atoms with van der Waals surface area (Å²) in [6, 6.07) is 8.68. The van der Waals surface area contributed by atoms with Gasteiger partial charge in [0.15, 0.2) is 0 Å². The van der Waals surface area contributed by atoms with Crippen LogP contribution >= 0.6 is 0 Å². The highest BCUT2D eigenvalue weighted by Crippen LogP contribution is 2.29. The van der Waals surface area contributed by atoms with Crippen molar-refractivity contribution < 1.29 is 4.74 Å². The smallest absolute Gasteiger partial charge is 0.150 e. The van der Waals surface area contributed by atoms with Gasteiger partial charge in [-0.3, -0.25) is 10.00 Å². The Balaban J connectivity index is 1.65. The number of ether oxygens (including phenoxy) is 1. The van der Waals surface area contributed by atoms with Crippen molar-refractivity contribution in [3.8, 4) is 5.75 Å². The van der Waals surface area contributed by atoms with Crippen molar-refractivity contribution in [2.45, 2.75) is 32.9 Å². The Bertz CT molecular complexity index is 641. The minimum atomic E-state index is 0.448. The van der Waals surface area contributed by atoms with Gasteiger partial charge in [0, 0.05) is 32.1 Å². The first-order valence-corrected chi connectivity index (χ1v) is 8.23. The third-order valence-corrected chi connectivity index (χ3v) is 4.44. The van der Waals surface area contributed by atoms with E-state index in [4.69, 9.17) is 4.74 Å². The third-order valence-electron chi connectivity index (χ3n) is 4.44. The minimum absolute atomic E-state index is 0.448. The molecule has 3 rings (SSSR count). The lowest BCUT2D eigenvalue weighted by Gasteiger charge is -2.40. The maximum absolute atomic E-state index is 5.49. The first kappa shape index (κ1) is 15.8. The summed E-state index contributed by atoms with van der Waals surface area (Å²) in [5, 5.41) is 7.27. The molecule has 6 nitrogen and oxygen atoms in total. The Hall–Kier alpha value is -2.08. The fourth-order valence-electron chi connectivity index (χ4n) is 3.10. The first-order chi connectivity index (χ1) is 11.2. The van der Waals surface area contributed by atoms with Crippen LogP contribution in [0.4, 0.5) is 5.69 Å². The zero-order chi connectivity index (χ0) is 16.2. The molecular formula is C17H25N5O. The number of hydrogen-bond donors (Lipinski definition) is 1. The molecule has 0 saturated carbocycles. The summed E-state index contributed by atoms with van der Waals surface area (Å²) in [6.07, 6.45) is 0.869. The maximum Gasteiger partial charge on any atom is 0.150 e. The third kappa shape index (κ3) is 3.47. The molecule has 6 heteroatoms. The van der Waals surface area contributed by atoms with Crippen LogP contribution in [0, 0.1) is 0 Å². The fourth-order valence-corrected chi connectivity index (χ4v) is 3.10. The number of nitrogens with zero attached hydrogens (tertiary/aromatic N) is 4. The lowest BCUT2D eigenvalue weighted by Crippen LogP contribution is -2.51. The predicted molar refractivity (Wildman–Crippen MR) is 90.8 cm³/mol. The molecule has 1 aliphatic rings. The Kier molecular flexibility index (Phi) is 4.81. The Labute approximate surface area is 137 Å². The second kappa shape index (κ2) is 7.00. The molecule has 2 aromatic rings. The van der Waals surface area contributed by atoms with Crippen LogP contribution in [-0.2, 0) is 13.0 Å². The molecule has 1 saturated heterocycles. The van der Waals surface area contributed by atoms with Crippen LogP contribution in [0.3, 0.4) is 0 Å². The lowest BCUT2D eigenvalue weighted by molar-refractivity contribution is 0.176. The number of piperazine rings is 1. The topological polar surface area (TPSA) is 57.3 Å². The van der Waals surface area contributed by atoms with E-state index >= 15 is 0 Å². The van der Waals surface area contributed by atoms with Gasteiger partial charge in [-0.1, -0.05) is 19.1 Å². The molecule has 0 amide bonds. The molecule has 1 N–H and O–H groups in total. The Morgan fingerprint density at radius 2 is 2.13 bits per heavy atom. The molecule has 0 unspecified atom stereocenters. The number of hydrogen-bond acceptors (Lipinski definition) is 5. The minimum Gasteiger partial charge on any atom is -0.495 e. The average Bonchev–Trinajstić information content (AvgIpc) is 3.04. The van der Waals surface area contributed by atoms with E-state index < -0.39 is 0 Å². The van der Waals surface area contributed by atoms with Gasteiger partial charge in [0.1, 0.15) is 17.4 Å². The highest BCUT2D eigenvalue weighted by molar-refractivity contribution is 5.58. The lowest BCUT2D eigenvalue weighted by atomic mass is 10.1. The molecule has 0 aliphatic carbocycles. The van der Waals surface area contributed by atoms with Gasteiger partial charge in [0.05, 0.1) is 19.3 Å². The number of anilines is 1. The van der Waals surface area contributed by atoms with E-state index in [0.717, 1.165) is 50.0 Å². The van der Waals surface area contributed by atoms with E-state index in [9.17, 15) is 0 Å². The second-order valence-corrected chi connectivity index (χ2v) is 5.99. The van der Waals surface area contributed by atoms with Gasteiger partial charge in [-0.25, -0.2) is 4.98 Å². The first-order valence-electron chi connectivity index (χ1n) is 8.23. The van der Waals surface area contributed by atoms with Crippen LogP contribution in [0.1, 0.15) is 25.5 Å². The van der Waals surface area contributed by atoms with Crippen LogP contribution in [0.5, 0.6) is 5.75 Å². The largest absolute Gasteiger partial charge is 0.495 e. The highest BCUT2D eigenvalue weighted by Gasteiger charge is 2.26. The van der Waals surface area contributed by atoms with Crippen molar-refractivity contribution in [2.75, 3.05) is 31.6 Å². The molecule has 124 valence electrons. The quantitative estimate of drug-likeness (QED) is 0.915. The molecule has 23 heavy (non-hydrogen) atoms. The molecule has 0 bridgehead atoms. The van der Waals surface area contributed by atoms with E-state index in [-0.39, 0.29) is 0 Å². The van der Waals surface area contributed by atoms with Gasteiger partial charge in [0.2, 0.25) is 0 Å². The summed E-state index contributed by atoms with van der Waals surface area (Å²) in [4.78, 5) is 9.37. The number of aromatic nitrogens is 3. The molecule has 1 aromatic heterocycles. The molecule has 1 aromatic carbocycles. The van der Waals surface area contributed by atoms with Gasteiger partial charge in [-0.05, 0) is 19.1 Å². The molecule has 1 fully saturated rings. The van der Waals surface area contributed by atoms with Crippen LogP contribution in [0.15, 0.2) is 24.3 Å². The van der Waals surface area contributed by atoms with Gasteiger partial charge < -0.3 is 9.64 Å². The van der Waals surface area contributed by atoms with Crippen molar-refractivity contribution >= 4 is 5.69 Å². The molecule has 0 radical (unpaired) electrons. The summed E-state index contributed by atoms with van der Waals surface area (Å²) in [5.74, 6) is 2.79. The van der Waals surface area contributed by atoms with Crippen molar-refractivity contribution in [2.24, 2.45) is 0 Å². The number of benzene rings is 1. The fraction of sp³-hybridized carbons (Fsp3) is 0.529. The van der Waals surface area contributed by atoms with Crippen molar-refractivity contribution in [3.05, 3.63) is 35.9 Å². The maximum atomic E-state index is 5.49. The Morgan fingerprint density at radius 3 is 2.83 bits per heavy atom. The second-order valence-electron chi connectivity index (χ2n) is 5.99.